The van der Waals surface area contributed by atoms with E-state index in [0.29, 0.717) is 5.82 Å². The number of carbonyl (C=O) groups excluding carboxylic acids is 1. The van der Waals surface area contributed by atoms with Crippen molar-refractivity contribution in [3.8, 4) is 0 Å². The highest BCUT2D eigenvalue weighted by molar-refractivity contribution is 5.90. The highest BCUT2D eigenvalue weighted by Gasteiger charge is 2.40. The molecule has 2 N–H and O–H groups in total. The van der Waals surface area contributed by atoms with Crippen LogP contribution in [0, 0.1) is 5.41 Å². The number of fused-ring (bicyclic) bond motifs is 1. The Balaban J connectivity index is 0.000000454. The number of likely N-dealkylation sites (tertiary alicyclic amines) is 1. The molecule has 36 heavy (non-hydrogen) atoms. The number of carbonyl (C=O) groups is 2. The Morgan fingerprint density at radius 3 is 2.19 bits per heavy atom. The molecule has 1 aromatic heterocycles. The van der Waals surface area contributed by atoms with Crippen molar-refractivity contribution in [2.24, 2.45) is 5.41 Å². The molecule has 1 aromatic carbocycles. The van der Waals surface area contributed by atoms with Crippen molar-refractivity contribution in [2.45, 2.75) is 78.2 Å². The first kappa shape index (κ1) is 27.6. The summed E-state index contributed by atoms with van der Waals surface area (Å²) in [6.45, 7) is 10.3. The Morgan fingerprint density at radius 1 is 1.08 bits per heavy atom. The Labute approximate surface area is 208 Å². The van der Waals surface area contributed by atoms with Gasteiger partial charge >= 0.3 is 12.1 Å². The minimum atomic E-state index is -5.08. The van der Waals surface area contributed by atoms with E-state index in [0.717, 1.165) is 51.3 Å². The Hall–Kier alpha value is -2.95. The fraction of sp³-hybridized carbons (Fsp3) is 0.600. The van der Waals surface area contributed by atoms with Gasteiger partial charge in [0.05, 0.1) is 0 Å². The second-order valence-corrected chi connectivity index (χ2v) is 9.90. The normalized spacial score (nSPS) is 17.3. The Morgan fingerprint density at radius 2 is 1.67 bits per heavy atom. The number of nitrogens with zero attached hydrogens (tertiary/aromatic N) is 4. The number of alkyl halides is 3. The first-order chi connectivity index (χ1) is 16.9. The van der Waals surface area contributed by atoms with Gasteiger partial charge in [0, 0.05) is 25.6 Å². The third kappa shape index (κ3) is 7.05. The fourth-order valence-corrected chi connectivity index (χ4v) is 4.70. The van der Waals surface area contributed by atoms with Crippen molar-refractivity contribution in [3.05, 3.63) is 47.0 Å². The molecule has 2 aromatic rings. The van der Waals surface area contributed by atoms with Gasteiger partial charge in [0.2, 0.25) is 5.82 Å². The molecule has 11 heteroatoms. The maximum Gasteiger partial charge on any atom is 0.490 e. The van der Waals surface area contributed by atoms with Crippen LogP contribution in [-0.2, 0) is 30.7 Å². The van der Waals surface area contributed by atoms with Gasteiger partial charge in [-0.3, -0.25) is 9.69 Å². The van der Waals surface area contributed by atoms with Gasteiger partial charge in [-0.25, -0.2) is 4.79 Å². The van der Waals surface area contributed by atoms with E-state index in [4.69, 9.17) is 9.90 Å². The van der Waals surface area contributed by atoms with Gasteiger partial charge in [0.25, 0.3) is 5.91 Å². The summed E-state index contributed by atoms with van der Waals surface area (Å²) in [5.41, 5.74) is 3.07. The lowest BCUT2D eigenvalue weighted by atomic mass is 9.73. The number of carboxylic acid groups (broad SMARTS) is 1. The molecule has 4 rings (SSSR count). The molecule has 1 amide bonds. The zero-order valence-electron chi connectivity index (χ0n) is 20.9. The van der Waals surface area contributed by atoms with Crippen molar-refractivity contribution < 1.29 is 27.9 Å². The summed E-state index contributed by atoms with van der Waals surface area (Å²) in [5.74, 6) is -1.43. The van der Waals surface area contributed by atoms with E-state index < -0.39 is 12.1 Å². The lowest BCUT2D eigenvalue weighted by molar-refractivity contribution is -0.192. The van der Waals surface area contributed by atoms with Crippen LogP contribution in [0.15, 0.2) is 24.3 Å². The maximum absolute atomic E-state index is 12.5. The first-order valence-electron chi connectivity index (χ1n) is 12.3. The van der Waals surface area contributed by atoms with E-state index in [1.165, 1.54) is 24.0 Å². The number of hydrogen-bond donors (Lipinski definition) is 2. The molecule has 0 saturated carbocycles. The Kier molecular flexibility index (Phi) is 8.76. The van der Waals surface area contributed by atoms with Crippen molar-refractivity contribution in [1.29, 1.82) is 0 Å². The molecule has 2 aliphatic rings. The van der Waals surface area contributed by atoms with E-state index >= 15 is 0 Å². The summed E-state index contributed by atoms with van der Waals surface area (Å²) in [5, 5.41) is 18.6. The van der Waals surface area contributed by atoms with Crippen LogP contribution in [0.4, 0.5) is 13.2 Å². The third-order valence-electron chi connectivity index (χ3n) is 6.82. The predicted molar refractivity (Wildman–Crippen MR) is 127 cm³/mol. The van der Waals surface area contributed by atoms with Gasteiger partial charge in [0.15, 0.2) is 0 Å². The molecular weight excluding hydrogens is 475 g/mol. The van der Waals surface area contributed by atoms with Gasteiger partial charge < -0.3 is 15.0 Å². The van der Waals surface area contributed by atoms with E-state index in [1.54, 1.807) is 0 Å². The van der Waals surface area contributed by atoms with E-state index in [1.807, 2.05) is 13.8 Å². The first-order valence-corrected chi connectivity index (χ1v) is 12.3. The predicted octanol–water partition coefficient (Wildman–Crippen LogP) is 3.84. The minimum absolute atomic E-state index is 0.0997. The van der Waals surface area contributed by atoms with Crippen LogP contribution in [0.5, 0.6) is 0 Å². The van der Waals surface area contributed by atoms with Crippen LogP contribution in [0.1, 0.15) is 67.6 Å². The number of benzene rings is 1. The number of hydrogen-bond acceptors (Lipinski definition) is 5. The highest BCUT2D eigenvalue weighted by atomic mass is 19.4. The zero-order chi connectivity index (χ0) is 26.5. The lowest BCUT2D eigenvalue weighted by Crippen LogP contribution is -2.45. The van der Waals surface area contributed by atoms with E-state index in [2.05, 4.69) is 56.2 Å². The van der Waals surface area contributed by atoms with Gasteiger partial charge in [0.1, 0.15) is 5.82 Å². The summed E-state index contributed by atoms with van der Waals surface area (Å²) in [6, 6.07) is 9.14. The summed E-state index contributed by atoms with van der Waals surface area (Å²) in [4.78, 5) is 24.0. The second kappa shape index (κ2) is 11.4. The van der Waals surface area contributed by atoms with Gasteiger partial charge in [-0.2, -0.15) is 13.2 Å². The third-order valence-corrected chi connectivity index (χ3v) is 6.82. The molecule has 0 radical (unpaired) electrons. The van der Waals surface area contributed by atoms with Gasteiger partial charge in [-0.05, 0) is 69.2 Å². The molecule has 1 fully saturated rings. The monoisotopic (exact) mass is 509 g/mol. The number of aryl methyl sites for hydroxylation is 2. The largest absolute Gasteiger partial charge is 0.490 e. The number of aliphatic carboxylic acids is 1. The molecule has 0 bridgehead atoms. The van der Waals surface area contributed by atoms with Crippen molar-refractivity contribution in [1.82, 2.24) is 25.0 Å². The zero-order valence-corrected chi connectivity index (χ0v) is 20.9. The van der Waals surface area contributed by atoms with Crippen molar-refractivity contribution in [3.63, 3.8) is 0 Å². The summed E-state index contributed by atoms with van der Waals surface area (Å²) >= 11 is 0. The van der Waals surface area contributed by atoms with Crippen LogP contribution in [-0.4, -0.2) is 62.0 Å². The summed E-state index contributed by atoms with van der Waals surface area (Å²) in [6.07, 6.45) is 0.414. The molecule has 198 valence electrons. The molecule has 0 aliphatic carbocycles. The average molecular weight is 510 g/mol. The van der Waals surface area contributed by atoms with Crippen LogP contribution in [0.2, 0.25) is 0 Å². The molecule has 8 nitrogen and oxygen atoms in total. The molecule has 0 unspecified atom stereocenters. The number of nitrogens with one attached hydrogen (secondary N) is 1. The molecule has 0 atom stereocenters. The van der Waals surface area contributed by atoms with Crippen LogP contribution >= 0.6 is 0 Å². The number of amides is 1. The molecule has 2 aliphatic heterocycles. The molecule has 3 heterocycles. The average Bonchev–Trinajstić information content (AvgIpc) is 3.23. The van der Waals surface area contributed by atoms with Crippen molar-refractivity contribution in [2.75, 3.05) is 13.1 Å². The number of carboxylic acids is 1. The molecule has 1 saturated heterocycles. The summed E-state index contributed by atoms with van der Waals surface area (Å²) < 4.78 is 33.8. The van der Waals surface area contributed by atoms with E-state index in [-0.39, 0.29) is 17.4 Å². The van der Waals surface area contributed by atoms with Crippen LogP contribution < -0.4 is 5.32 Å². The second-order valence-electron chi connectivity index (χ2n) is 9.90. The lowest BCUT2D eigenvalue weighted by Gasteiger charge is -2.44. The van der Waals surface area contributed by atoms with E-state index in [9.17, 15) is 18.0 Å². The highest BCUT2D eigenvalue weighted by Crippen LogP contribution is 2.41. The van der Waals surface area contributed by atoms with Crippen LogP contribution in [0.3, 0.4) is 0 Å². The van der Waals surface area contributed by atoms with Crippen LogP contribution in [0.25, 0.3) is 0 Å². The van der Waals surface area contributed by atoms with Gasteiger partial charge in [-0.1, -0.05) is 31.2 Å². The van der Waals surface area contributed by atoms with Gasteiger partial charge in [-0.15, -0.1) is 10.2 Å². The number of halogens is 3. The topological polar surface area (TPSA) is 100 Å². The number of aromatic nitrogens is 3. The Bertz CT molecular complexity index is 1040. The maximum atomic E-state index is 12.5. The summed E-state index contributed by atoms with van der Waals surface area (Å²) in [7, 11) is 0. The fourth-order valence-electron chi connectivity index (χ4n) is 4.70. The quantitative estimate of drug-likeness (QED) is 0.635. The molecule has 1 spiro atoms. The van der Waals surface area contributed by atoms with Crippen molar-refractivity contribution >= 4 is 11.9 Å². The minimum Gasteiger partial charge on any atom is -0.475 e. The standard InChI is InChI=1S/C23H33N5O.C2HF3O2/c1-4-18-5-7-19(8-6-18)15-27-13-11-23(12-14-27)10-9-20-25-26-21(28(20)16-23)22(29)24-17(2)3;3-2(4,5)1(6)7/h5-8,17H,4,9-16H2,1-3H3,(H,24,29);(H,6,7). The number of rotatable bonds is 5. The SMILES string of the molecule is CCc1ccc(CN2CCC3(CCc4nnc(C(=O)NC(C)C)n4C3)CC2)cc1.O=C(O)C(F)(F)F. The molecular formula is C25H34F3N5O3. The number of piperidine rings is 1. The smallest absolute Gasteiger partial charge is 0.475 e.